The first-order valence-corrected chi connectivity index (χ1v) is 9.06. The average Bonchev–Trinajstić information content (AvgIpc) is 2.68. The molecule has 0 bridgehead atoms. The second kappa shape index (κ2) is 9.59. The molecule has 0 heterocycles. The summed E-state index contributed by atoms with van der Waals surface area (Å²) >= 11 is 3.39. The van der Waals surface area contributed by atoms with Crippen LogP contribution in [-0.4, -0.2) is 19.6 Å². The van der Waals surface area contributed by atoms with E-state index in [1.54, 1.807) is 18.2 Å². The highest BCUT2D eigenvalue weighted by Gasteiger charge is 2.14. The van der Waals surface area contributed by atoms with Crippen molar-refractivity contribution in [2.45, 2.75) is 13.8 Å². The Labute approximate surface area is 172 Å². The van der Waals surface area contributed by atoms with Gasteiger partial charge in [-0.1, -0.05) is 22.0 Å². The van der Waals surface area contributed by atoms with Crippen LogP contribution in [0.5, 0.6) is 11.5 Å². The van der Waals surface area contributed by atoms with Crippen LogP contribution in [0.15, 0.2) is 40.4 Å². The molecule has 2 aromatic carbocycles. The summed E-state index contributed by atoms with van der Waals surface area (Å²) in [6.45, 7) is 3.81. The Hall–Kier alpha value is -3.29. The minimum Gasteiger partial charge on any atom is -0.493 e. The third kappa shape index (κ3) is 5.12. The summed E-state index contributed by atoms with van der Waals surface area (Å²) in [6, 6.07) is 12.6. The number of hydrogen-bond acceptors (Lipinski definition) is 5. The Morgan fingerprint density at radius 1 is 1.18 bits per heavy atom. The lowest BCUT2D eigenvalue weighted by Crippen LogP contribution is -2.13. The number of halogens is 1. The van der Waals surface area contributed by atoms with Crippen LogP contribution in [0.25, 0.3) is 6.08 Å². The first-order valence-electron chi connectivity index (χ1n) is 8.27. The molecule has 0 fully saturated rings. The fourth-order valence-corrected chi connectivity index (χ4v) is 2.80. The van der Waals surface area contributed by atoms with E-state index in [0.717, 1.165) is 11.1 Å². The number of rotatable bonds is 6. The molecule has 0 aliphatic heterocycles. The number of methoxy groups -OCH3 is 1. The normalized spacial score (nSPS) is 10.6. The predicted molar refractivity (Wildman–Crippen MR) is 110 cm³/mol. The van der Waals surface area contributed by atoms with E-state index < -0.39 is 5.91 Å². The number of nitrogens with one attached hydrogen (secondary N) is 1. The van der Waals surface area contributed by atoms with Gasteiger partial charge in [0.1, 0.15) is 17.7 Å². The Morgan fingerprint density at radius 3 is 2.54 bits per heavy atom. The zero-order chi connectivity index (χ0) is 20.7. The van der Waals surface area contributed by atoms with Crippen LogP contribution in [0.4, 0.5) is 5.69 Å². The van der Waals surface area contributed by atoms with Gasteiger partial charge in [-0.25, -0.2) is 0 Å². The number of nitrogens with zero attached hydrogens (tertiary/aromatic N) is 2. The number of carbonyl (C=O) groups excluding carboxylic acids is 1. The minimum atomic E-state index is -0.513. The number of carbonyl (C=O) groups is 1. The second-order valence-electron chi connectivity index (χ2n) is 5.89. The SMILES string of the molecule is COc1cc(/C=C(\C#N)C(=O)Nc2ccc(C)c(C)c2)c(Br)cc1OCC#N. The van der Waals surface area contributed by atoms with Gasteiger partial charge < -0.3 is 14.8 Å². The maximum Gasteiger partial charge on any atom is 0.266 e. The van der Waals surface area contributed by atoms with Crippen molar-refractivity contribution in [3.8, 4) is 23.6 Å². The van der Waals surface area contributed by atoms with E-state index in [1.807, 2.05) is 38.1 Å². The van der Waals surface area contributed by atoms with Crippen LogP contribution in [-0.2, 0) is 4.79 Å². The van der Waals surface area contributed by atoms with E-state index in [-0.39, 0.29) is 12.2 Å². The highest BCUT2D eigenvalue weighted by Crippen LogP contribution is 2.34. The van der Waals surface area contributed by atoms with Crippen LogP contribution in [0, 0.1) is 36.5 Å². The minimum absolute atomic E-state index is 0.0633. The van der Waals surface area contributed by atoms with E-state index in [2.05, 4.69) is 21.2 Å². The highest BCUT2D eigenvalue weighted by molar-refractivity contribution is 9.10. The Kier molecular flexibility index (Phi) is 7.20. The van der Waals surface area contributed by atoms with Gasteiger partial charge in [0, 0.05) is 10.2 Å². The van der Waals surface area contributed by atoms with Gasteiger partial charge in [-0.2, -0.15) is 10.5 Å². The van der Waals surface area contributed by atoms with E-state index >= 15 is 0 Å². The van der Waals surface area contributed by atoms with Crippen molar-refractivity contribution in [3.63, 3.8) is 0 Å². The first kappa shape index (κ1) is 21.0. The summed E-state index contributed by atoms with van der Waals surface area (Å²) in [7, 11) is 1.47. The Balaban J connectivity index is 2.32. The van der Waals surface area contributed by atoms with Crippen LogP contribution in [0.3, 0.4) is 0 Å². The van der Waals surface area contributed by atoms with Crippen molar-refractivity contribution in [2.75, 3.05) is 19.0 Å². The van der Waals surface area contributed by atoms with E-state index in [0.29, 0.717) is 27.2 Å². The smallest absolute Gasteiger partial charge is 0.266 e. The molecule has 142 valence electrons. The molecule has 28 heavy (non-hydrogen) atoms. The van der Waals surface area contributed by atoms with Crippen molar-refractivity contribution in [1.82, 2.24) is 0 Å². The zero-order valence-electron chi connectivity index (χ0n) is 15.7. The molecule has 0 aliphatic rings. The molecule has 2 rings (SSSR count). The quantitative estimate of drug-likeness (QED) is 0.526. The van der Waals surface area contributed by atoms with Gasteiger partial charge in [0.25, 0.3) is 5.91 Å². The third-order valence-corrected chi connectivity index (χ3v) is 4.69. The van der Waals surface area contributed by atoms with E-state index in [9.17, 15) is 10.1 Å². The zero-order valence-corrected chi connectivity index (χ0v) is 17.3. The Bertz CT molecular complexity index is 1020. The van der Waals surface area contributed by atoms with E-state index in [1.165, 1.54) is 13.2 Å². The second-order valence-corrected chi connectivity index (χ2v) is 6.75. The largest absolute Gasteiger partial charge is 0.493 e. The number of anilines is 1. The van der Waals surface area contributed by atoms with Crippen molar-refractivity contribution < 1.29 is 14.3 Å². The van der Waals surface area contributed by atoms with Crippen LogP contribution >= 0.6 is 15.9 Å². The molecular weight excluding hydrogens is 422 g/mol. The molecule has 0 aliphatic carbocycles. The third-order valence-electron chi connectivity index (χ3n) is 4.00. The summed E-state index contributed by atoms with van der Waals surface area (Å²) in [4.78, 5) is 12.5. The predicted octanol–water partition coefficient (Wildman–Crippen LogP) is 4.52. The number of hydrogen-bond donors (Lipinski definition) is 1. The number of aryl methyl sites for hydroxylation is 2. The summed E-state index contributed by atoms with van der Waals surface area (Å²) in [5, 5.41) is 20.8. The molecule has 0 aromatic heterocycles. The van der Waals surface area contributed by atoms with Gasteiger partial charge in [0.15, 0.2) is 18.1 Å². The number of amides is 1. The molecule has 0 atom stereocenters. The van der Waals surface area contributed by atoms with Gasteiger partial charge in [-0.15, -0.1) is 0 Å². The molecule has 0 saturated heterocycles. The lowest BCUT2D eigenvalue weighted by molar-refractivity contribution is -0.112. The van der Waals surface area contributed by atoms with Gasteiger partial charge in [-0.05, 0) is 60.9 Å². The number of ether oxygens (including phenoxy) is 2. The first-order chi connectivity index (χ1) is 13.4. The molecular formula is C21H18BrN3O3. The Morgan fingerprint density at radius 2 is 1.93 bits per heavy atom. The molecule has 1 N–H and O–H groups in total. The van der Waals surface area contributed by atoms with Crippen LogP contribution < -0.4 is 14.8 Å². The number of benzene rings is 2. The summed E-state index contributed by atoms with van der Waals surface area (Å²) in [6.07, 6.45) is 1.46. The summed E-state index contributed by atoms with van der Waals surface area (Å²) < 4.78 is 11.2. The maximum absolute atomic E-state index is 12.5. The standard InChI is InChI=1S/C21H18BrN3O3/c1-13-4-5-17(8-14(13)2)25-21(26)16(12-24)9-15-10-19(27-3)20(11-18(15)22)28-7-6-23/h4-5,8-11H,7H2,1-3H3,(H,25,26)/b16-9+. The van der Waals surface area contributed by atoms with Crippen LogP contribution in [0.1, 0.15) is 16.7 Å². The molecule has 1 amide bonds. The van der Waals surface area contributed by atoms with Crippen molar-refractivity contribution in [2.24, 2.45) is 0 Å². The lowest BCUT2D eigenvalue weighted by atomic mass is 10.1. The highest BCUT2D eigenvalue weighted by atomic mass is 79.9. The molecule has 0 unspecified atom stereocenters. The topological polar surface area (TPSA) is 95.1 Å². The fourth-order valence-electron chi connectivity index (χ4n) is 2.37. The van der Waals surface area contributed by atoms with Crippen molar-refractivity contribution >= 4 is 33.6 Å². The molecule has 6 nitrogen and oxygen atoms in total. The van der Waals surface area contributed by atoms with E-state index in [4.69, 9.17) is 14.7 Å². The van der Waals surface area contributed by atoms with Gasteiger partial charge in [0.05, 0.1) is 7.11 Å². The van der Waals surface area contributed by atoms with Gasteiger partial charge in [-0.3, -0.25) is 4.79 Å². The van der Waals surface area contributed by atoms with Crippen molar-refractivity contribution in [1.29, 1.82) is 10.5 Å². The molecule has 0 radical (unpaired) electrons. The molecule has 7 heteroatoms. The fraction of sp³-hybridized carbons (Fsp3) is 0.190. The lowest BCUT2D eigenvalue weighted by Gasteiger charge is -2.11. The molecule has 2 aromatic rings. The summed E-state index contributed by atoms with van der Waals surface area (Å²) in [5.74, 6) is 0.254. The molecule has 0 saturated carbocycles. The van der Waals surface area contributed by atoms with Crippen molar-refractivity contribution in [3.05, 3.63) is 57.1 Å². The number of nitriles is 2. The maximum atomic E-state index is 12.5. The average molecular weight is 440 g/mol. The van der Waals surface area contributed by atoms with Crippen LogP contribution in [0.2, 0.25) is 0 Å². The monoisotopic (exact) mass is 439 g/mol. The summed E-state index contributed by atoms with van der Waals surface area (Å²) in [5.41, 5.74) is 3.27. The van der Waals surface area contributed by atoms with Gasteiger partial charge >= 0.3 is 0 Å². The van der Waals surface area contributed by atoms with Gasteiger partial charge in [0.2, 0.25) is 0 Å². The molecule has 0 spiro atoms.